The topological polar surface area (TPSA) is 85.3 Å². The summed E-state index contributed by atoms with van der Waals surface area (Å²) >= 11 is 1.58. The van der Waals surface area contributed by atoms with E-state index in [1.807, 2.05) is 0 Å². The van der Waals surface area contributed by atoms with E-state index in [2.05, 4.69) is 9.88 Å². The van der Waals surface area contributed by atoms with Crippen LogP contribution in [0, 0.1) is 16.0 Å². The van der Waals surface area contributed by atoms with Gasteiger partial charge in [0.25, 0.3) is 5.69 Å². The third-order valence-electron chi connectivity index (χ3n) is 3.46. The van der Waals surface area contributed by atoms with Crippen LogP contribution in [0.1, 0.15) is 6.42 Å². The Morgan fingerprint density at radius 1 is 1.58 bits per heavy atom. The first kappa shape index (κ1) is 12.3. The van der Waals surface area contributed by atoms with E-state index < -0.39 is 4.92 Å². The monoisotopic (exact) mass is 278 g/mol. The van der Waals surface area contributed by atoms with Crippen molar-refractivity contribution in [2.75, 3.05) is 24.5 Å². The van der Waals surface area contributed by atoms with Gasteiger partial charge in [-0.15, -0.1) is 0 Å². The Kier molecular flexibility index (Phi) is 3.08. The molecule has 2 heterocycles. The highest BCUT2D eigenvalue weighted by molar-refractivity contribution is 7.22. The van der Waals surface area contributed by atoms with Crippen LogP contribution in [0.5, 0.6) is 0 Å². The Labute approximate surface area is 114 Å². The molecular formula is C12H14N4O2S. The molecule has 0 amide bonds. The van der Waals surface area contributed by atoms with E-state index in [9.17, 15) is 10.1 Å². The van der Waals surface area contributed by atoms with Gasteiger partial charge in [-0.05, 0) is 24.9 Å². The first-order chi connectivity index (χ1) is 9.17. The number of non-ortho nitro benzene ring substituents is 1. The fourth-order valence-electron chi connectivity index (χ4n) is 2.35. The lowest BCUT2D eigenvalue weighted by Gasteiger charge is -2.13. The molecule has 3 rings (SSSR count). The van der Waals surface area contributed by atoms with Crippen LogP contribution in [0.3, 0.4) is 0 Å². The Hall–Kier alpha value is -1.73. The number of nitro groups is 1. The van der Waals surface area contributed by atoms with E-state index in [-0.39, 0.29) is 5.69 Å². The molecule has 0 bridgehead atoms. The number of anilines is 1. The molecule has 6 nitrogen and oxygen atoms in total. The zero-order chi connectivity index (χ0) is 13.4. The van der Waals surface area contributed by atoms with Gasteiger partial charge in [-0.2, -0.15) is 0 Å². The summed E-state index contributed by atoms with van der Waals surface area (Å²) in [5.41, 5.74) is 6.47. The Morgan fingerprint density at radius 3 is 3.11 bits per heavy atom. The summed E-state index contributed by atoms with van der Waals surface area (Å²) in [4.78, 5) is 17.1. The minimum absolute atomic E-state index is 0.0885. The van der Waals surface area contributed by atoms with Crippen molar-refractivity contribution in [1.29, 1.82) is 0 Å². The van der Waals surface area contributed by atoms with Crippen LogP contribution in [0.2, 0.25) is 0 Å². The van der Waals surface area contributed by atoms with Gasteiger partial charge in [-0.1, -0.05) is 11.3 Å². The van der Waals surface area contributed by atoms with Crippen LogP contribution in [-0.4, -0.2) is 29.5 Å². The summed E-state index contributed by atoms with van der Waals surface area (Å²) in [7, 11) is 0. The molecule has 2 N–H and O–H groups in total. The number of hydrogen-bond donors (Lipinski definition) is 1. The molecule has 0 aliphatic carbocycles. The number of thiazole rings is 1. The molecule has 1 aromatic heterocycles. The molecule has 0 radical (unpaired) electrons. The molecular weight excluding hydrogens is 264 g/mol. The second kappa shape index (κ2) is 4.75. The molecule has 0 saturated carbocycles. The van der Waals surface area contributed by atoms with Gasteiger partial charge in [0, 0.05) is 25.2 Å². The van der Waals surface area contributed by atoms with Gasteiger partial charge in [-0.25, -0.2) is 4.98 Å². The van der Waals surface area contributed by atoms with Crippen molar-refractivity contribution in [3.05, 3.63) is 28.3 Å². The fraction of sp³-hybridized carbons (Fsp3) is 0.417. The van der Waals surface area contributed by atoms with Crippen LogP contribution in [0.15, 0.2) is 18.2 Å². The zero-order valence-corrected chi connectivity index (χ0v) is 11.1. The fourth-order valence-corrected chi connectivity index (χ4v) is 3.33. The molecule has 100 valence electrons. The van der Waals surface area contributed by atoms with Crippen LogP contribution in [-0.2, 0) is 0 Å². The minimum Gasteiger partial charge on any atom is -0.348 e. The smallest absolute Gasteiger partial charge is 0.271 e. The average molecular weight is 278 g/mol. The van der Waals surface area contributed by atoms with E-state index in [0.717, 1.165) is 29.3 Å². The molecule has 19 heavy (non-hydrogen) atoms. The molecule has 0 spiro atoms. The van der Waals surface area contributed by atoms with Gasteiger partial charge in [0.2, 0.25) is 0 Å². The third-order valence-corrected chi connectivity index (χ3v) is 4.56. The van der Waals surface area contributed by atoms with Gasteiger partial charge in [0.1, 0.15) is 0 Å². The standard InChI is InChI=1S/C12H14N4O2S/c13-6-8-3-4-15(7-8)12-14-10-5-9(16(17)18)1-2-11(10)19-12/h1-2,5,8H,3-4,6-7,13H2/t8-/m1/s1. The summed E-state index contributed by atoms with van der Waals surface area (Å²) in [5.74, 6) is 0.529. The lowest BCUT2D eigenvalue weighted by molar-refractivity contribution is -0.384. The molecule has 1 saturated heterocycles. The van der Waals surface area contributed by atoms with Crippen molar-refractivity contribution in [2.45, 2.75) is 6.42 Å². The molecule has 2 aromatic rings. The summed E-state index contributed by atoms with van der Waals surface area (Å²) in [5, 5.41) is 11.7. The third kappa shape index (κ3) is 2.26. The normalized spacial score (nSPS) is 19.2. The highest BCUT2D eigenvalue weighted by Crippen LogP contribution is 2.33. The van der Waals surface area contributed by atoms with E-state index in [0.29, 0.717) is 18.0 Å². The van der Waals surface area contributed by atoms with Crippen molar-refractivity contribution < 1.29 is 4.92 Å². The number of rotatable bonds is 3. The van der Waals surface area contributed by atoms with Crippen LogP contribution in [0.25, 0.3) is 10.2 Å². The van der Waals surface area contributed by atoms with Crippen LogP contribution < -0.4 is 10.6 Å². The number of nitrogens with zero attached hydrogens (tertiary/aromatic N) is 3. The lowest BCUT2D eigenvalue weighted by atomic mass is 10.1. The maximum Gasteiger partial charge on any atom is 0.271 e. The number of benzene rings is 1. The predicted molar refractivity (Wildman–Crippen MR) is 75.6 cm³/mol. The number of aromatic nitrogens is 1. The molecule has 1 aliphatic rings. The van der Waals surface area contributed by atoms with Crippen molar-refractivity contribution in [1.82, 2.24) is 4.98 Å². The molecule has 1 aromatic carbocycles. The van der Waals surface area contributed by atoms with Crippen LogP contribution in [0.4, 0.5) is 10.8 Å². The zero-order valence-electron chi connectivity index (χ0n) is 10.3. The predicted octanol–water partition coefficient (Wildman–Crippen LogP) is 1.99. The summed E-state index contributed by atoms with van der Waals surface area (Å²) in [6.07, 6.45) is 1.09. The van der Waals surface area contributed by atoms with Crippen molar-refractivity contribution >= 4 is 32.4 Å². The number of fused-ring (bicyclic) bond motifs is 1. The van der Waals surface area contributed by atoms with Crippen molar-refractivity contribution in [2.24, 2.45) is 11.7 Å². The summed E-state index contributed by atoms with van der Waals surface area (Å²) in [6.45, 7) is 2.59. The summed E-state index contributed by atoms with van der Waals surface area (Å²) in [6, 6.07) is 4.83. The first-order valence-electron chi connectivity index (χ1n) is 6.17. The van der Waals surface area contributed by atoms with Crippen molar-refractivity contribution in [3.63, 3.8) is 0 Å². The van der Waals surface area contributed by atoms with Gasteiger partial charge in [-0.3, -0.25) is 10.1 Å². The van der Waals surface area contributed by atoms with E-state index in [4.69, 9.17) is 5.73 Å². The Balaban J connectivity index is 1.91. The van der Waals surface area contributed by atoms with Gasteiger partial charge < -0.3 is 10.6 Å². The van der Waals surface area contributed by atoms with Gasteiger partial charge in [0.15, 0.2) is 5.13 Å². The second-order valence-corrected chi connectivity index (χ2v) is 5.75. The SMILES string of the molecule is NC[C@H]1CCN(c2nc3cc([N+](=O)[O-])ccc3s2)C1. The molecule has 1 fully saturated rings. The lowest BCUT2D eigenvalue weighted by Crippen LogP contribution is -2.22. The average Bonchev–Trinajstić information content (AvgIpc) is 3.03. The minimum atomic E-state index is -0.390. The number of hydrogen-bond acceptors (Lipinski definition) is 6. The second-order valence-electron chi connectivity index (χ2n) is 4.74. The molecule has 1 aliphatic heterocycles. The highest BCUT2D eigenvalue weighted by Gasteiger charge is 2.24. The maximum atomic E-state index is 10.7. The number of nitrogens with two attached hydrogens (primary N) is 1. The largest absolute Gasteiger partial charge is 0.348 e. The molecule has 7 heteroatoms. The van der Waals surface area contributed by atoms with E-state index >= 15 is 0 Å². The quantitative estimate of drug-likeness (QED) is 0.685. The van der Waals surface area contributed by atoms with E-state index in [1.54, 1.807) is 17.4 Å². The van der Waals surface area contributed by atoms with Crippen LogP contribution >= 0.6 is 11.3 Å². The molecule has 0 unspecified atom stereocenters. The Bertz CT molecular complexity index is 627. The maximum absolute atomic E-state index is 10.7. The van der Waals surface area contributed by atoms with Gasteiger partial charge in [0.05, 0.1) is 15.1 Å². The van der Waals surface area contributed by atoms with Gasteiger partial charge >= 0.3 is 0 Å². The number of nitro benzene ring substituents is 1. The van der Waals surface area contributed by atoms with Crippen molar-refractivity contribution in [3.8, 4) is 0 Å². The molecule has 1 atom stereocenters. The first-order valence-corrected chi connectivity index (χ1v) is 6.99. The van der Waals surface area contributed by atoms with E-state index in [1.165, 1.54) is 12.1 Å². The Morgan fingerprint density at radius 2 is 2.42 bits per heavy atom. The highest BCUT2D eigenvalue weighted by atomic mass is 32.1. The summed E-state index contributed by atoms with van der Waals surface area (Å²) < 4.78 is 0.983.